The van der Waals surface area contributed by atoms with Gasteiger partial charge in [0.2, 0.25) is 5.82 Å². The number of benzene rings is 4. The summed E-state index contributed by atoms with van der Waals surface area (Å²) in [6.07, 6.45) is 1.47. The molecular weight excluding hydrogens is 638 g/mol. The van der Waals surface area contributed by atoms with Crippen molar-refractivity contribution in [3.63, 3.8) is 0 Å². The average Bonchev–Trinajstić information content (AvgIpc) is 3.43. The van der Waals surface area contributed by atoms with E-state index in [1.807, 2.05) is 0 Å². The van der Waals surface area contributed by atoms with Crippen LogP contribution in [0, 0.1) is 0 Å². The van der Waals surface area contributed by atoms with Crippen LogP contribution in [-0.2, 0) is 6.61 Å². The van der Waals surface area contributed by atoms with E-state index in [0.717, 1.165) is 5.39 Å². The maximum atomic E-state index is 13.7. The van der Waals surface area contributed by atoms with E-state index in [1.165, 1.54) is 30.1 Å². The molecule has 0 unspecified atom stereocenters. The van der Waals surface area contributed by atoms with Crippen LogP contribution < -0.4 is 15.0 Å². The van der Waals surface area contributed by atoms with Gasteiger partial charge < -0.3 is 19.0 Å². The second kappa shape index (κ2) is 11.7. The molecule has 0 aliphatic carbocycles. The number of carboxylic acid groups (broad SMARTS) is 1. The van der Waals surface area contributed by atoms with E-state index in [0.29, 0.717) is 54.4 Å². The van der Waals surface area contributed by atoms with Crippen LogP contribution in [0.5, 0.6) is 11.5 Å². The minimum absolute atomic E-state index is 0.0597. The Morgan fingerprint density at radius 1 is 1.09 bits per heavy atom. The highest BCUT2D eigenvalue weighted by Crippen LogP contribution is 2.35. The molecule has 0 fully saturated rings. The van der Waals surface area contributed by atoms with E-state index in [2.05, 4.69) is 21.0 Å². The number of methoxy groups -OCH3 is 1. The Balaban J connectivity index is 1.46. The predicted molar refractivity (Wildman–Crippen MR) is 168 cm³/mol. The standard InChI is InChI=1S/C32H21BrClN3O6/c1-41-27-15-22(33)12-21(29(27)42-17-18-5-4-6-19(11-18)32(39)40)16-35-37-30(36-25-8-3-2-7-24(25)31(37)38)28-14-20-13-23(34)9-10-26(20)43-28/h2-16H,17H2,1H3,(H,39,40). The summed E-state index contributed by atoms with van der Waals surface area (Å²) in [6.45, 7) is 0.0597. The SMILES string of the molecule is COc1cc(Br)cc(C=Nn2c(-c3cc4cc(Cl)ccc4o3)nc3ccccc3c2=O)c1OCc1cccc(C(=O)O)c1. The Morgan fingerprint density at radius 2 is 1.93 bits per heavy atom. The maximum Gasteiger partial charge on any atom is 0.335 e. The molecule has 1 N–H and O–H groups in total. The second-order valence-electron chi connectivity index (χ2n) is 9.43. The van der Waals surface area contributed by atoms with Crippen molar-refractivity contribution in [1.29, 1.82) is 0 Å². The number of ether oxygens (including phenoxy) is 2. The number of aromatic nitrogens is 2. The van der Waals surface area contributed by atoms with Gasteiger partial charge in [-0.15, -0.1) is 0 Å². The van der Waals surface area contributed by atoms with Crippen molar-refractivity contribution >= 4 is 61.6 Å². The van der Waals surface area contributed by atoms with Crippen LogP contribution in [-0.4, -0.2) is 34.1 Å². The number of rotatable bonds is 8. The minimum Gasteiger partial charge on any atom is -0.493 e. The van der Waals surface area contributed by atoms with E-state index in [1.54, 1.807) is 72.8 Å². The molecule has 0 saturated carbocycles. The molecule has 0 atom stereocenters. The lowest BCUT2D eigenvalue weighted by molar-refractivity contribution is 0.0696. The summed E-state index contributed by atoms with van der Waals surface area (Å²) in [5.41, 5.74) is 1.96. The first-order valence-corrected chi connectivity index (χ1v) is 14.1. The van der Waals surface area contributed by atoms with Crippen molar-refractivity contribution in [1.82, 2.24) is 9.66 Å². The third kappa shape index (κ3) is 5.75. The van der Waals surface area contributed by atoms with E-state index >= 15 is 0 Å². The number of hydrogen-bond donors (Lipinski definition) is 1. The predicted octanol–water partition coefficient (Wildman–Crippen LogP) is 7.39. The zero-order valence-electron chi connectivity index (χ0n) is 22.5. The normalized spacial score (nSPS) is 11.4. The van der Waals surface area contributed by atoms with Crippen LogP contribution >= 0.6 is 27.5 Å². The smallest absolute Gasteiger partial charge is 0.335 e. The molecule has 0 bridgehead atoms. The van der Waals surface area contributed by atoms with Gasteiger partial charge in [0.05, 0.1) is 29.8 Å². The highest BCUT2D eigenvalue weighted by molar-refractivity contribution is 9.10. The average molecular weight is 659 g/mol. The highest BCUT2D eigenvalue weighted by atomic mass is 79.9. The van der Waals surface area contributed by atoms with Gasteiger partial charge in [0.1, 0.15) is 12.2 Å². The molecule has 0 spiro atoms. The first kappa shape index (κ1) is 28.2. The summed E-state index contributed by atoms with van der Waals surface area (Å²) in [6, 6.07) is 23.9. The van der Waals surface area contributed by atoms with Crippen molar-refractivity contribution in [2.45, 2.75) is 6.61 Å². The summed E-state index contributed by atoms with van der Waals surface area (Å²) >= 11 is 9.67. The number of para-hydroxylation sites is 1. The van der Waals surface area contributed by atoms with Gasteiger partial charge in [0, 0.05) is 20.4 Å². The molecule has 43 heavy (non-hydrogen) atoms. The van der Waals surface area contributed by atoms with Gasteiger partial charge in [-0.05, 0) is 66.2 Å². The largest absolute Gasteiger partial charge is 0.493 e. The van der Waals surface area contributed by atoms with Crippen LogP contribution in [0.4, 0.5) is 0 Å². The summed E-state index contributed by atoms with van der Waals surface area (Å²) in [7, 11) is 1.50. The van der Waals surface area contributed by atoms with Gasteiger partial charge >= 0.3 is 5.97 Å². The molecular formula is C32H21BrClN3O6. The lowest BCUT2D eigenvalue weighted by Gasteiger charge is -2.14. The first-order chi connectivity index (χ1) is 20.8. The third-order valence-corrected chi connectivity index (χ3v) is 7.28. The van der Waals surface area contributed by atoms with Crippen molar-refractivity contribution in [2.75, 3.05) is 7.11 Å². The number of carboxylic acids is 1. The van der Waals surface area contributed by atoms with E-state index in [4.69, 9.17) is 30.5 Å². The van der Waals surface area contributed by atoms with Crippen LogP contribution in [0.2, 0.25) is 5.02 Å². The van der Waals surface area contributed by atoms with Crippen molar-refractivity contribution in [2.24, 2.45) is 5.10 Å². The molecule has 0 saturated heterocycles. The Morgan fingerprint density at radius 3 is 2.74 bits per heavy atom. The molecule has 6 aromatic rings. The van der Waals surface area contributed by atoms with E-state index in [9.17, 15) is 14.7 Å². The molecule has 11 heteroatoms. The molecule has 4 aromatic carbocycles. The zero-order chi connectivity index (χ0) is 30.1. The Hall–Kier alpha value is -4.93. The van der Waals surface area contributed by atoms with Gasteiger partial charge in [-0.3, -0.25) is 4.79 Å². The molecule has 6 rings (SSSR count). The molecule has 214 valence electrons. The second-order valence-corrected chi connectivity index (χ2v) is 10.8. The lowest BCUT2D eigenvalue weighted by Crippen LogP contribution is -2.20. The van der Waals surface area contributed by atoms with E-state index in [-0.39, 0.29) is 18.0 Å². The molecule has 9 nitrogen and oxygen atoms in total. The number of halogens is 2. The number of furan rings is 1. The molecule has 0 aliphatic heterocycles. The summed E-state index contributed by atoms with van der Waals surface area (Å²) in [4.78, 5) is 29.9. The minimum atomic E-state index is -1.03. The summed E-state index contributed by atoms with van der Waals surface area (Å²) in [5.74, 6) is 0.246. The monoisotopic (exact) mass is 657 g/mol. The highest BCUT2D eigenvalue weighted by Gasteiger charge is 2.18. The zero-order valence-corrected chi connectivity index (χ0v) is 24.8. The maximum absolute atomic E-state index is 13.7. The van der Waals surface area contributed by atoms with Crippen LogP contribution in [0.25, 0.3) is 33.5 Å². The van der Waals surface area contributed by atoms with Gasteiger partial charge in [-0.1, -0.05) is 51.8 Å². The molecule has 2 heterocycles. The molecule has 2 aromatic heterocycles. The van der Waals surface area contributed by atoms with Gasteiger partial charge in [0.25, 0.3) is 5.56 Å². The fourth-order valence-electron chi connectivity index (χ4n) is 4.58. The van der Waals surface area contributed by atoms with Crippen LogP contribution in [0.15, 0.2) is 104 Å². The number of aromatic carboxylic acids is 1. The van der Waals surface area contributed by atoms with Crippen molar-refractivity contribution < 1.29 is 23.8 Å². The topological polar surface area (TPSA) is 116 Å². The van der Waals surface area contributed by atoms with Crippen LogP contribution in [0.1, 0.15) is 21.5 Å². The molecule has 0 amide bonds. The van der Waals surface area contributed by atoms with Gasteiger partial charge in [-0.25, -0.2) is 9.78 Å². The van der Waals surface area contributed by atoms with Gasteiger partial charge in [0.15, 0.2) is 17.3 Å². The molecule has 0 aliphatic rings. The quantitative estimate of drug-likeness (QED) is 0.170. The lowest BCUT2D eigenvalue weighted by atomic mass is 10.1. The third-order valence-electron chi connectivity index (χ3n) is 6.59. The Labute approximate surface area is 257 Å². The van der Waals surface area contributed by atoms with Crippen molar-refractivity contribution in [3.8, 4) is 23.1 Å². The summed E-state index contributed by atoms with van der Waals surface area (Å²) in [5, 5.41) is 15.6. The summed E-state index contributed by atoms with van der Waals surface area (Å²) < 4.78 is 19.6. The molecule has 0 radical (unpaired) electrons. The fourth-order valence-corrected chi connectivity index (χ4v) is 5.21. The van der Waals surface area contributed by atoms with E-state index < -0.39 is 11.5 Å². The Bertz CT molecular complexity index is 2120. The number of carbonyl (C=O) groups is 1. The first-order valence-electron chi connectivity index (χ1n) is 12.9. The fraction of sp³-hybridized carbons (Fsp3) is 0.0625. The number of fused-ring (bicyclic) bond motifs is 2. The Kier molecular flexibility index (Phi) is 7.71. The number of hydrogen-bond acceptors (Lipinski definition) is 7. The van der Waals surface area contributed by atoms with Gasteiger partial charge in [-0.2, -0.15) is 9.78 Å². The van der Waals surface area contributed by atoms with Crippen molar-refractivity contribution in [3.05, 3.63) is 121 Å². The number of nitrogens with zero attached hydrogens (tertiary/aromatic N) is 3. The van der Waals surface area contributed by atoms with Crippen LogP contribution in [0.3, 0.4) is 0 Å².